The molecule has 0 saturated heterocycles. The average Bonchev–Trinajstić information content (AvgIpc) is 3.29. The summed E-state index contributed by atoms with van der Waals surface area (Å²) in [6, 6.07) is 14.3. The summed E-state index contributed by atoms with van der Waals surface area (Å²) < 4.78 is 2.15. The summed E-state index contributed by atoms with van der Waals surface area (Å²) in [6.45, 7) is 4.94. The van der Waals surface area contributed by atoms with Crippen LogP contribution in [0.3, 0.4) is 0 Å². The van der Waals surface area contributed by atoms with Gasteiger partial charge in [-0.05, 0) is 43.3 Å². The first-order valence-electron chi connectivity index (χ1n) is 9.47. The summed E-state index contributed by atoms with van der Waals surface area (Å²) in [4.78, 5) is 3.88. The Hall–Kier alpha value is -3.19. The fourth-order valence-corrected chi connectivity index (χ4v) is 4.01. The molecule has 4 aromatic rings. The minimum atomic E-state index is 0.194. The molecule has 0 aliphatic carbocycles. The zero-order chi connectivity index (χ0) is 20.1. The molecule has 29 heavy (non-hydrogen) atoms. The van der Waals surface area contributed by atoms with Crippen LogP contribution in [0, 0.1) is 6.92 Å². The van der Waals surface area contributed by atoms with Crippen molar-refractivity contribution in [3.05, 3.63) is 65.3 Å². The molecule has 0 N–H and O–H groups in total. The van der Waals surface area contributed by atoms with E-state index in [0.717, 1.165) is 51.5 Å². The fourth-order valence-electron chi connectivity index (χ4n) is 3.88. The summed E-state index contributed by atoms with van der Waals surface area (Å²) in [6.07, 6.45) is 1.78. The third-order valence-electron chi connectivity index (χ3n) is 5.29. The molecule has 3 heterocycles. The summed E-state index contributed by atoms with van der Waals surface area (Å²) >= 11 is 6.14. The van der Waals surface area contributed by atoms with Crippen LogP contribution in [-0.4, -0.2) is 36.3 Å². The molecule has 1 aliphatic rings. The van der Waals surface area contributed by atoms with E-state index in [4.69, 9.17) is 11.6 Å². The highest BCUT2D eigenvalue weighted by atomic mass is 35.5. The molecule has 8 heteroatoms. The predicted octanol–water partition coefficient (Wildman–Crippen LogP) is 4.28. The minimum absolute atomic E-state index is 0.194. The lowest BCUT2D eigenvalue weighted by atomic mass is 10.1. The van der Waals surface area contributed by atoms with Crippen LogP contribution in [0.15, 0.2) is 48.7 Å². The number of aromatic nitrogens is 6. The van der Waals surface area contributed by atoms with Gasteiger partial charge < -0.3 is 4.90 Å². The number of hydrogen-bond acceptors (Lipinski definition) is 5. The van der Waals surface area contributed by atoms with Gasteiger partial charge >= 0.3 is 0 Å². The number of hydrogen-bond donors (Lipinski definition) is 0. The lowest BCUT2D eigenvalue weighted by Gasteiger charge is -2.27. The van der Waals surface area contributed by atoms with Crippen LogP contribution < -0.4 is 4.90 Å². The standard InChI is InChI=1S/C21H20ClN7/c1-13-12-28(17-7-5-16(22)6-8-17)20-10-15(18-11-23-27(3)26-18)4-9-19(20)29-14(2)24-25-21(13)29/h4-11,13H,12H2,1-3H3/t13-/m1/s1. The molecule has 2 aromatic carbocycles. The number of benzene rings is 2. The van der Waals surface area contributed by atoms with Crippen molar-refractivity contribution in [2.45, 2.75) is 19.8 Å². The number of anilines is 2. The van der Waals surface area contributed by atoms with E-state index < -0.39 is 0 Å². The SMILES string of the molecule is Cc1nnc2n1-c1ccc(-c3cnn(C)n3)cc1N(c1ccc(Cl)cc1)C[C@H]2C. The van der Waals surface area contributed by atoms with E-state index in [1.807, 2.05) is 38.2 Å². The topological polar surface area (TPSA) is 64.7 Å². The molecule has 0 radical (unpaired) electrons. The highest BCUT2D eigenvalue weighted by molar-refractivity contribution is 6.30. The number of aryl methyl sites for hydroxylation is 2. The average molecular weight is 406 g/mol. The minimum Gasteiger partial charge on any atom is -0.339 e. The predicted molar refractivity (Wildman–Crippen MR) is 113 cm³/mol. The molecular weight excluding hydrogens is 386 g/mol. The van der Waals surface area contributed by atoms with E-state index >= 15 is 0 Å². The Kier molecular flexibility index (Phi) is 4.13. The first-order valence-corrected chi connectivity index (χ1v) is 9.85. The van der Waals surface area contributed by atoms with Crippen LogP contribution in [0.2, 0.25) is 5.02 Å². The van der Waals surface area contributed by atoms with Gasteiger partial charge in [0.05, 0.1) is 17.6 Å². The van der Waals surface area contributed by atoms with Gasteiger partial charge in [0.25, 0.3) is 0 Å². The van der Waals surface area contributed by atoms with Gasteiger partial charge in [-0.1, -0.05) is 24.6 Å². The lowest BCUT2D eigenvalue weighted by Crippen LogP contribution is -2.22. The van der Waals surface area contributed by atoms with Gasteiger partial charge in [0.2, 0.25) is 0 Å². The molecule has 146 valence electrons. The Bertz CT molecular complexity index is 1190. The van der Waals surface area contributed by atoms with Crippen molar-refractivity contribution >= 4 is 23.0 Å². The number of halogens is 1. The zero-order valence-corrected chi connectivity index (χ0v) is 17.2. The molecule has 2 aromatic heterocycles. The van der Waals surface area contributed by atoms with E-state index in [-0.39, 0.29) is 5.92 Å². The molecule has 0 bridgehead atoms. The third kappa shape index (κ3) is 2.98. The molecule has 0 saturated carbocycles. The zero-order valence-electron chi connectivity index (χ0n) is 16.4. The largest absolute Gasteiger partial charge is 0.339 e. The number of nitrogens with zero attached hydrogens (tertiary/aromatic N) is 7. The van der Waals surface area contributed by atoms with Crippen LogP contribution in [0.5, 0.6) is 0 Å². The molecule has 0 spiro atoms. The van der Waals surface area contributed by atoms with Crippen LogP contribution in [0.25, 0.3) is 16.9 Å². The van der Waals surface area contributed by atoms with Crippen LogP contribution in [-0.2, 0) is 7.05 Å². The lowest BCUT2D eigenvalue weighted by molar-refractivity contribution is 0.655. The summed E-state index contributed by atoms with van der Waals surface area (Å²) in [5, 5.41) is 18.2. The molecule has 0 unspecified atom stereocenters. The van der Waals surface area contributed by atoms with Gasteiger partial charge in [-0.2, -0.15) is 15.0 Å². The highest BCUT2D eigenvalue weighted by Gasteiger charge is 2.28. The van der Waals surface area contributed by atoms with E-state index in [2.05, 4.69) is 55.0 Å². The van der Waals surface area contributed by atoms with Gasteiger partial charge in [0.15, 0.2) is 0 Å². The highest BCUT2D eigenvalue weighted by Crippen LogP contribution is 2.40. The first-order chi connectivity index (χ1) is 14.0. The maximum Gasteiger partial charge on any atom is 0.142 e. The Morgan fingerprint density at radius 1 is 1.03 bits per heavy atom. The summed E-state index contributed by atoms with van der Waals surface area (Å²) in [5.74, 6) is 2.03. The third-order valence-corrected chi connectivity index (χ3v) is 5.54. The number of rotatable bonds is 2. The van der Waals surface area contributed by atoms with Gasteiger partial charge in [0.1, 0.15) is 17.3 Å². The second kappa shape index (κ2) is 6.70. The maximum atomic E-state index is 6.14. The molecule has 7 nitrogen and oxygen atoms in total. The Morgan fingerprint density at radius 3 is 2.55 bits per heavy atom. The Morgan fingerprint density at radius 2 is 1.83 bits per heavy atom. The van der Waals surface area contributed by atoms with Gasteiger partial charge in [-0.3, -0.25) is 4.57 Å². The molecular formula is C21H20ClN7. The van der Waals surface area contributed by atoms with Crippen LogP contribution in [0.4, 0.5) is 11.4 Å². The second-order valence-electron chi connectivity index (χ2n) is 7.35. The maximum absolute atomic E-state index is 6.14. The molecule has 0 amide bonds. The first kappa shape index (κ1) is 17.9. The van der Waals surface area contributed by atoms with Crippen molar-refractivity contribution in [1.82, 2.24) is 29.8 Å². The summed E-state index contributed by atoms with van der Waals surface area (Å²) in [5.41, 5.74) is 5.05. The van der Waals surface area contributed by atoms with E-state index in [9.17, 15) is 0 Å². The molecule has 5 rings (SSSR count). The second-order valence-corrected chi connectivity index (χ2v) is 7.79. The monoisotopic (exact) mass is 405 g/mol. The van der Waals surface area contributed by atoms with Crippen LogP contribution in [0.1, 0.15) is 24.5 Å². The van der Waals surface area contributed by atoms with E-state index in [1.54, 1.807) is 11.0 Å². The molecule has 1 aliphatic heterocycles. The van der Waals surface area contributed by atoms with Crippen molar-refractivity contribution in [3.63, 3.8) is 0 Å². The Balaban J connectivity index is 1.74. The van der Waals surface area contributed by atoms with Gasteiger partial charge in [-0.25, -0.2) is 0 Å². The van der Waals surface area contributed by atoms with Crippen LogP contribution >= 0.6 is 11.6 Å². The van der Waals surface area contributed by atoms with Crippen molar-refractivity contribution in [3.8, 4) is 16.9 Å². The number of fused-ring (bicyclic) bond motifs is 3. The molecule has 0 fully saturated rings. The fraction of sp³-hybridized carbons (Fsp3) is 0.238. The van der Waals surface area contributed by atoms with E-state index in [0.29, 0.717) is 0 Å². The smallest absolute Gasteiger partial charge is 0.142 e. The van der Waals surface area contributed by atoms with Gasteiger partial charge in [0, 0.05) is 35.8 Å². The quantitative estimate of drug-likeness (QED) is 0.498. The van der Waals surface area contributed by atoms with Crippen molar-refractivity contribution in [1.29, 1.82) is 0 Å². The van der Waals surface area contributed by atoms with Crippen molar-refractivity contribution in [2.24, 2.45) is 7.05 Å². The van der Waals surface area contributed by atoms with Crippen molar-refractivity contribution < 1.29 is 0 Å². The van der Waals surface area contributed by atoms with Crippen molar-refractivity contribution in [2.75, 3.05) is 11.4 Å². The molecule has 1 atom stereocenters. The van der Waals surface area contributed by atoms with E-state index in [1.165, 1.54) is 0 Å². The Labute approximate surface area is 173 Å². The van der Waals surface area contributed by atoms with Gasteiger partial charge in [-0.15, -0.1) is 10.2 Å². The summed E-state index contributed by atoms with van der Waals surface area (Å²) in [7, 11) is 1.82. The normalized spacial score (nSPS) is 15.7.